The third-order valence-corrected chi connectivity index (χ3v) is 2.87. The van der Waals surface area contributed by atoms with Gasteiger partial charge in [0, 0.05) is 6.04 Å². The Labute approximate surface area is 109 Å². The average molecular weight is 272 g/mol. The van der Waals surface area contributed by atoms with E-state index in [9.17, 15) is 9.59 Å². The number of carbonyl (C=O) groups is 2. The van der Waals surface area contributed by atoms with Gasteiger partial charge in [0.05, 0.1) is 6.20 Å². The number of carboxylic acid groups (broad SMARTS) is 1. The van der Waals surface area contributed by atoms with Crippen LogP contribution in [0.2, 0.25) is 0 Å². The number of rotatable bonds is 7. The fourth-order valence-corrected chi connectivity index (χ4v) is 1.90. The number of aromatic carboxylic acids is 1. The lowest BCUT2D eigenvalue weighted by atomic mass is 10.2. The van der Waals surface area contributed by atoms with Crippen molar-refractivity contribution in [2.75, 3.05) is 12.0 Å². The average Bonchev–Trinajstić information content (AvgIpc) is 2.74. The molecule has 1 aromatic heterocycles. The number of thioether (sulfide) groups is 1. The highest BCUT2D eigenvalue weighted by Gasteiger charge is 2.12. The Morgan fingerprint density at radius 3 is 2.89 bits per heavy atom. The molecule has 100 valence electrons. The zero-order valence-electron chi connectivity index (χ0n) is 10.3. The van der Waals surface area contributed by atoms with Crippen LogP contribution in [0, 0.1) is 0 Å². The number of carboxylic acids is 1. The van der Waals surface area contributed by atoms with Crippen LogP contribution >= 0.6 is 11.8 Å². The molecule has 0 aliphatic carbocycles. The Hall–Kier alpha value is -1.57. The molecule has 0 saturated heterocycles. The summed E-state index contributed by atoms with van der Waals surface area (Å²) < 4.78 is 1.21. The maximum atomic E-state index is 11.6. The van der Waals surface area contributed by atoms with Crippen molar-refractivity contribution in [3.63, 3.8) is 0 Å². The van der Waals surface area contributed by atoms with Crippen LogP contribution in [0.4, 0.5) is 0 Å². The van der Waals surface area contributed by atoms with Crippen LogP contribution in [0.15, 0.2) is 6.20 Å². The number of carbonyl (C=O) groups excluding carboxylic acids is 1. The van der Waals surface area contributed by atoms with Crippen LogP contribution in [0.25, 0.3) is 0 Å². The van der Waals surface area contributed by atoms with Gasteiger partial charge < -0.3 is 10.4 Å². The molecule has 0 spiro atoms. The standard InChI is InChI=1S/C10H16N4O3S/c1-7(3-4-18-2)11-9(15)6-14-5-8(10(16)17)12-13-14/h5,7H,3-4,6H2,1-2H3,(H,11,15)(H,16,17). The van der Waals surface area contributed by atoms with Crippen molar-refractivity contribution in [2.24, 2.45) is 0 Å². The molecule has 1 aromatic rings. The minimum absolute atomic E-state index is 0.0239. The molecule has 0 fully saturated rings. The summed E-state index contributed by atoms with van der Waals surface area (Å²) in [6.07, 6.45) is 4.14. The van der Waals surface area contributed by atoms with Crippen molar-refractivity contribution < 1.29 is 14.7 Å². The van der Waals surface area contributed by atoms with E-state index in [1.54, 1.807) is 11.8 Å². The summed E-state index contributed by atoms with van der Waals surface area (Å²) in [6, 6.07) is 0.0902. The zero-order chi connectivity index (χ0) is 13.5. The SMILES string of the molecule is CSCCC(C)NC(=O)Cn1cc(C(=O)O)nn1. The summed E-state index contributed by atoms with van der Waals surface area (Å²) in [5, 5.41) is 18.5. The first-order chi connectivity index (χ1) is 8.52. The predicted octanol–water partition coefficient (Wildman–Crippen LogP) is 0.234. The van der Waals surface area contributed by atoms with E-state index in [-0.39, 0.29) is 24.2 Å². The number of hydrogen-bond donors (Lipinski definition) is 2. The molecule has 1 unspecified atom stereocenters. The van der Waals surface area contributed by atoms with Gasteiger partial charge in [-0.15, -0.1) is 5.10 Å². The summed E-state index contributed by atoms with van der Waals surface area (Å²) in [5.74, 6) is -0.381. The van der Waals surface area contributed by atoms with Gasteiger partial charge in [-0.25, -0.2) is 9.48 Å². The maximum absolute atomic E-state index is 11.6. The van der Waals surface area contributed by atoms with E-state index in [4.69, 9.17) is 5.11 Å². The Morgan fingerprint density at radius 1 is 1.61 bits per heavy atom. The Bertz CT molecular complexity index is 421. The highest BCUT2D eigenvalue weighted by molar-refractivity contribution is 7.98. The molecular formula is C10H16N4O3S. The summed E-state index contributed by atoms with van der Waals surface area (Å²) in [7, 11) is 0. The quantitative estimate of drug-likeness (QED) is 0.737. The molecule has 0 aliphatic heterocycles. The molecule has 0 aromatic carbocycles. The second-order valence-electron chi connectivity index (χ2n) is 3.86. The highest BCUT2D eigenvalue weighted by atomic mass is 32.2. The first-order valence-electron chi connectivity index (χ1n) is 5.44. The van der Waals surface area contributed by atoms with Crippen LogP contribution in [0.5, 0.6) is 0 Å². The second kappa shape index (κ2) is 7.00. The van der Waals surface area contributed by atoms with E-state index in [2.05, 4.69) is 15.6 Å². The van der Waals surface area contributed by atoms with Crippen molar-refractivity contribution in [3.8, 4) is 0 Å². The molecule has 0 aliphatic rings. The van der Waals surface area contributed by atoms with Crippen molar-refractivity contribution in [3.05, 3.63) is 11.9 Å². The van der Waals surface area contributed by atoms with Crippen LogP contribution in [-0.2, 0) is 11.3 Å². The van der Waals surface area contributed by atoms with E-state index in [1.807, 2.05) is 13.2 Å². The van der Waals surface area contributed by atoms with E-state index in [1.165, 1.54) is 10.9 Å². The Morgan fingerprint density at radius 2 is 2.33 bits per heavy atom. The van der Waals surface area contributed by atoms with Crippen LogP contribution in [-0.4, -0.2) is 50.0 Å². The van der Waals surface area contributed by atoms with Gasteiger partial charge in [-0.3, -0.25) is 4.79 Å². The molecule has 0 radical (unpaired) electrons. The predicted molar refractivity (Wildman–Crippen MR) is 67.6 cm³/mol. The zero-order valence-corrected chi connectivity index (χ0v) is 11.1. The lowest BCUT2D eigenvalue weighted by Crippen LogP contribution is -2.35. The Balaban J connectivity index is 2.41. The van der Waals surface area contributed by atoms with Gasteiger partial charge in [0.15, 0.2) is 5.69 Å². The van der Waals surface area contributed by atoms with Crippen LogP contribution in [0.1, 0.15) is 23.8 Å². The smallest absolute Gasteiger partial charge is 0.358 e. The van der Waals surface area contributed by atoms with E-state index >= 15 is 0 Å². The molecule has 2 N–H and O–H groups in total. The van der Waals surface area contributed by atoms with Crippen molar-refractivity contribution in [1.29, 1.82) is 0 Å². The largest absolute Gasteiger partial charge is 0.476 e. The molecule has 1 rings (SSSR count). The summed E-state index contributed by atoms with van der Waals surface area (Å²) in [6.45, 7) is 1.90. The fraction of sp³-hybridized carbons (Fsp3) is 0.600. The van der Waals surface area contributed by atoms with Gasteiger partial charge in [-0.2, -0.15) is 11.8 Å². The van der Waals surface area contributed by atoms with Gasteiger partial charge in [-0.05, 0) is 25.4 Å². The first-order valence-corrected chi connectivity index (χ1v) is 6.84. The van der Waals surface area contributed by atoms with Crippen molar-refractivity contribution >= 4 is 23.6 Å². The molecule has 1 amide bonds. The van der Waals surface area contributed by atoms with E-state index in [0.29, 0.717) is 0 Å². The van der Waals surface area contributed by atoms with Gasteiger partial charge in [-0.1, -0.05) is 5.21 Å². The third-order valence-electron chi connectivity index (χ3n) is 2.23. The summed E-state index contributed by atoms with van der Waals surface area (Å²) >= 11 is 1.72. The number of amides is 1. The first kappa shape index (κ1) is 14.5. The van der Waals surface area contributed by atoms with Crippen molar-refractivity contribution in [1.82, 2.24) is 20.3 Å². The lowest BCUT2D eigenvalue weighted by Gasteiger charge is -2.12. The van der Waals surface area contributed by atoms with Crippen molar-refractivity contribution in [2.45, 2.75) is 25.9 Å². The number of nitrogens with one attached hydrogen (secondary N) is 1. The highest BCUT2D eigenvalue weighted by Crippen LogP contribution is 2.00. The number of hydrogen-bond acceptors (Lipinski definition) is 5. The van der Waals surface area contributed by atoms with E-state index in [0.717, 1.165) is 12.2 Å². The summed E-state index contributed by atoms with van der Waals surface area (Å²) in [4.78, 5) is 22.2. The minimum Gasteiger partial charge on any atom is -0.476 e. The van der Waals surface area contributed by atoms with Gasteiger partial charge in [0.1, 0.15) is 6.54 Å². The maximum Gasteiger partial charge on any atom is 0.358 e. The minimum atomic E-state index is -1.16. The van der Waals surface area contributed by atoms with Gasteiger partial charge in [0.25, 0.3) is 0 Å². The molecule has 0 bridgehead atoms. The summed E-state index contributed by atoms with van der Waals surface area (Å²) in [5.41, 5.74) is -0.168. The topological polar surface area (TPSA) is 97.1 Å². The lowest BCUT2D eigenvalue weighted by molar-refractivity contribution is -0.122. The Kier molecular flexibility index (Phi) is 5.63. The number of nitrogens with zero attached hydrogens (tertiary/aromatic N) is 3. The molecule has 0 saturated carbocycles. The second-order valence-corrected chi connectivity index (χ2v) is 4.84. The van der Waals surface area contributed by atoms with Gasteiger partial charge >= 0.3 is 5.97 Å². The van der Waals surface area contributed by atoms with Crippen LogP contribution < -0.4 is 5.32 Å². The molecular weight excluding hydrogens is 256 g/mol. The third kappa shape index (κ3) is 4.74. The molecule has 1 heterocycles. The van der Waals surface area contributed by atoms with Gasteiger partial charge in [0.2, 0.25) is 5.91 Å². The molecule has 1 atom stereocenters. The number of aromatic nitrogens is 3. The molecule has 7 nitrogen and oxygen atoms in total. The normalized spacial score (nSPS) is 12.1. The van der Waals surface area contributed by atoms with E-state index < -0.39 is 5.97 Å². The monoisotopic (exact) mass is 272 g/mol. The van der Waals surface area contributed by atoms with Crippen LogP contribution in [0.3, 0.4) is 0 Å². The fourth-order valence-electron chi connectivity index (χ4n) is 1.31. The molecule has 8 heteroatoms. The molecule has 18 heavy (non-hydrogen) atoms.